The van der Waals surface area contributed by atoms with Crippen LogP contribution in [0.4, 0.5) is 4.39 Å². The van der Waals surface area contributed by atoms with Crippen molar-refractivity contribution in [2.24, 2.45) is 5.41 Å². The second-order valence-corrected chi connectivity index (χ2v) is 6.01. The number of carboxylic acids is 1. The van der Waals surface area contributed by atoms with Gasteiger partial charge in [-0.05, 0) is 39.1 Å². The maximum absolute atomic E-state index is 13.6. The van der Waals surface area contributed by atoms with E-state index < -0.39 is 11.4 Å². The predicted octanol–water partition coefficient (Wildman–Crippen LogP) is 3.13. The van der Waals surface area contributed by atoms with E-state index in [9.17, 15) is 9.18 Å². The molecule has 0 aliphatic rings. The van der Waals surface area contributed by atoms with Gasteiger partial charge in [0.15, 0.2) is 0 Å². The van der Waals surface area contributed by atoms with Gasteiger partial charge in [-0.25, -0.2) is 4.39 Å². The van der Waals surface area contributed by atoms with Crippen LogP contribution in [0, 0.1) is 11.2 Å². The van der Waals surface area contributed by atoms with Crippen LogP contribution in [-0.2, 0) is 11.3 Å². The normalized spacial score (nSPS) is 11.9. The second kappa shape index (κ2) is 5.80. The molecule has 0 radical (unpaired) electrons. The summed E-state index contributed by atoms with van der Waals surface area (Å²) in [7, 11) is 1.78. The van der Waals surface area contributed by atoms with Gasteiger partial charge in [0.05, 0.1) is 5.41 Å². The number of benzene rings is 1. The molecular weight excluding hydrogens is 301 g/mol. The van der Waals surface area contributed by atoms with Gasteiger partial charge in [0.1, 0.15) is 5.82 Å². The summed E-state index contributed by atoms with van der Waals surface area (Å²) in [5.41, 5.74) is -0.301. The fourth-order valence-electron chi connectivity index (χ4n) is 1.75. The third-order valence-corrected chi connectivity index (χ3v) is 3.19. The van der Waals surface area contributed by atoms with Crippen LogP contribution in [0.25, 0.3) is 0 Å². The summed E-state index contributed by atoms with van der Waals surface area (Å²) in [5.74, 6) is -1.14. The SMILES string of the molecule is CN(Cc1cc(Br)ccc1F)CC(C)(C)C(=O)O. The maximum atomic E-state index is 13.6. The Morgan fingerprint density at radius 2 is 2.11 bits per heavy atom. The molecule has 0 saturated heterocycles. The molecule has 0 aliphatic heterocycles. The molecule has 0 unspecified atom stereocenters. The minimum Gasteiger partial charge on any atom is -0.481 e. The van der Waals surface area contributed by atoms with E-state index in [1.165, 1.54) is 6.07 Å². The van der Waals surface area contributed by atoms with E-state index in [2.05, 4.69) is 15.9 Å². The van der Waals surface area contributed by atoms with Crippen molar-refractivity contribution < 1.29 is 14.3 Å². The van der Waals surface area contributed by atoms with Gasteiger partial charge in [-0.15, -0.1) is 0 Å². The molecule has 0 atom stereocenters. The molecule has 0 spiro atoms. The lowest BCUT2D eigenvalue weighted by Gasteiger charge is -2.26. The summed E-state index contributed by atoms with van der Waals surface area (Å²) in [4.78, 5) is 12.8. The fourth-order valence-corrected chi connectivity index (χ4v) is 2.16. The van der Waals surface area contributed by atoms with E-state index in [4.69, 9.17) is 5.11 Å². The first-order valence-electron chi connectivity index (χ1n) is 5.58. The molecule has 1 aromatic rings. The lowest BCUT2D eigenvalue weighted by atomic mass is 9.93. The van der Waals surface area contributed by atoms with Crippen LogP contribution in [-0.4, -0.2) is 29.6 Å². The Morgan fingerprint density at radius 1 is 1.50 bits per heavy atom. The van der Waals surface area contributed by atoms with Crippen molar-refractivity contribution in [3.63, 3.8) is 0 Å². The molecule has 100 valence electrons. The van der Waals surface area contributed by atoms with Gasteiger partial charge >= 0.3 is 5.97 Å². The third-order valence-electron chi connectivity index (χ3n) is 2.69. The molecule has 18 heavy (non-hydrogen) atoms. The van der Waals surface area contributed by atoms with Gasteiger partial charge in [-0.3, -0.25) is 4.79 Å². The number of carbonyl (C=O) groups is 1. The molecule has 1 aromatic carbocycles. The Labute approximate surface area is 115 Å². The van der Waals surface area contributed by atoms with E-state index in [0.29, 0.717) is 18.7 Å². The zero-order valence-corrected chi connectivity index (χ0v) is 12.3. The molecule has 3 nitrogen and oxygen atoms in total. The van der Waals surface area contributed by atoms with E-state index in [0.717, 1.165) is 4.47 Å². The first-order chi connectivity index (χ1) is 8.22. The zero-order chi connectivity index (χ0) is 13.9. The fraction of sp³-hybridized carbons (Fsp3) is 0.462. The smallest absolute Gasteiger partial charge is 0.310 e. The highest BCUT2D eigenvalue weighted by Gasteiger charge is 2.28. The quantitative estimate of drug-likeness (QED) is 0.907. The van der Waals surface area contributed by atoms with E-state index in [-0.39, 0.29) is 5.82 Å². The third kappa shape index (κ3) is 4.07. The summed E-state index contributed by atoms with van der Waals surface area (Å²) < 4.78 is 14.4. The molecule has 0 aliphatic carbocycles. The van der Waals surface area contributed by atoms with Crippen LogP contribution < -0.4 is 0 Å². The van der Waals surface area contributed by atoms with Crippen molar-refractivity contribution in [3.8, 4) is 0 Å². The molecule has 1 rings (SSSR count). The van der Waals surface area contributed by atoms with Crippen LogP contribution >= 0.6 is 15.9 Å². The molecule has 5 heteroatoms. The van der Waals surface area contributed by atoms with Crippen molar-refractivity contribution in [1.82, 2.24) is 4.90 Å². The number of nitrogens with zero attached hydrogens (tertiary/aromatic N) is 1. The maximum Gasteiger partial charge on any atom is 0.310 e. The van der Waals surface area contributed by atoms with E-state index in [1.54, 1.807) is 37.9 Å². The summed E-state index contributed by atoms with van der Waals surface area (Å²) in [5, 5.41) is 9.05. The molecule has 0 fully saturated rings. The average Bonchev–Trinajstić information content (AvgIpc) is 2.22. The number of halogens is 2. The van der Waals surface area contributed by atoms with Crippen molar-refractivity contribution >= 4 is 21.9 Å². The number of hydrogen-bond donors (Lipinski definition) is 1. The zero-order valence-electron chi connectivity index (χ0n) is 10.7. The molecule has 0 heterocycles. The summed E-state index contributed by atoms with van der Waals surface area (Å²) >= 11 is 3.29. The first kappa shape index (κ1) is 15.1. The summed E-state index contributed by atoms with van der Waals surface area (Å²) in [6, 6.07) is 4.75. The Hall–Kier alpha value is -0.940. The van der Waals surface area contributed by atoms with Gasteiger partial charge < -0.3 is 10.0 Å². The Bertz CT molecular complexity index is 449. The predicted molar refractivity (Wildman–Crippen MR) is 71.9 cm³/mol. The Balaban J connectivity index is 2.73. The second-order valence-electron chi connectivity index (χ2n) is 5.10. The van der Waals surface area contributed by atoms with Crippen LogP contribution in [0.2, 0.25) is 0 Å². The van der Waals surface area contributed by atoms with E-state index in [1.807, 2.05) is 0 Å². The number of rotatable bonds is 5. The van der Waals surface area contributed by atoms with Crippen molar-refractivity contribution in [2.75, 3.05) is 13.6 Å². The van der Waals surface area contributed by atoms with Gasteiger partial charge in [0.2, 0.25) is 0 Å². The minimum atomic E-state index is -0.857. The highest BCUT2D eigenvalue weighted by atomic mass is 79.9. The number of hydrogen-bond acceptors (Lipinski definition) is 2. The first-order valence-corrected chi connectivity index (χ1v) is 6.37. The molecular formula is C13H17BrFNO2. The van der Waals surface area contributed by atoms with Crippen molar-refractivity contribution in [2.45, 2.75) is 20.4 Å². The highest BCUT2D eigenvalue weighted by Crippen LogP contribution is 2.20. The molecule has 0 amide bonds. The monoisotopic (exact) mass is 317 g/mol. The van der Waals surface area contributed by atoms with Gasteiger partial charge in [-0.2, -0.15) is 0 Å². The van der Waals surface area contributed by atoms with Crippen molar-refractivity contribution in [3.05, 3.63) is 34.1 Å². The largest absolute Gasteiger partial charge is 0.481 e. The summed E-state index contributed by atoms with van der Waals surface area (Å²) in [6.07, 6.45) is 0. The molecule has 0 saturated carbocycles. The number of carboxylic acid groups (broad SMARTS) is 1. The average molecular weight is 318 g/mol. The van der Waals surface area contributed by atoms with Crippen LogP contribution in [0.3, 0.4) is 0 Å². The standard InChI is InChI=1S/C13H17BrFNO2/c1-13(2,12(17)18)8-16(3)7-9-6-10(14)4-5-11(9)15/h4-6H,7-8H2,1-3H3,(H,17,18). The molecule has 1 N–H and O–H groups in total. The highest BCUT2D eigenvalue weighted by molar-refractivity contribution is 9.10. The van der Waals surface area contributed by atoms with Crippen molar-refractivity contribution in [1.29, 1.82) is 0 Å². The minimum absolute atomic E-state index is 0.279. The molecule has 0 aromatic heterocycles. The lowest BCUT2D eigenvalue weighted by Crippen LogP contribution is -2.37. The Morgan fingerprint density at radius 3 is 2.67 bits per heavy atom. The van der Waals surface area contributed by atoms with Crippen LogP contribution in [0.1, 0.15) is 19.4 Å². The van der Waals surface area contributed by atoms with Gasteiger partial charge in [-0.1, -0.05) is 15.9 Å². The number of aliphatic carboxylic acids is 1. The van der Waals surface area contributed by atoms with Crippen LogP contribution in [0.5, 0.6) is 0 Å². The molecule has 0 bridgehead atoms. The van der Waals surface area contributed by atoms with E-state index >= 15 is 0 Å². The van der Waals surface area contributed by atoms with Crippen LogP contribution in [0.15, 0.2) is 22.7 Å². The topological polar surface area (TPSA) is 40.5 Å². The van der Waals surface area contributed by atoms with Gasteiger partial charge in [0.25, 0.3) is 0 Å². The lowest BCUT2D eigenvalue weighted by molar-refractivity contribution is -0.147. The summed E-state index contributed by atoms with van der Waals surface area (Å²) in [6.45, 7) is 4.04. The van der Waals surface area contributed by atoms with Gasteiger partial charge in [0, 0.05) is 23.1 Å². The Kier molecular flexibility index (Phi) is 4.87.